The fourth-order valence-corrected chi connectivity index (χ4v) is 6.43. The number of hydrogen-bond acceptors (Lipinski definition) is 8. The van der Waals surface area contributed by atoms with Gasteiger partial charge in [0, 0.05) is 38.1 Å². The van der Waals surface area contributed by atoms with Crippen LogP contribution in [-0.2, 0) is 17.9 Å². The van der Waals surface area contributed by atoms with Crippen molar-refractivity contribution in [2.45, 2.75) is 86.5 Å². The molecule has 10 nitrogen and oxygen atoms in total. The molecule has 246 valence electrons. The van der Waals surface area contributed by atoms with Crippen LogP contribution in [0.4, 0.5) is 5.95 Å². The van der Waals surface area contributed by atoms with Gasteiger partial charge in [0.15, 0.2) is 0 Å². The monoisotopic (exact) mass is 652 g/mol. The number of benzene rings is 1. The van der Waals surface area contributed by atoms with E-state index in [1.165, 1.54) is 11.3 Å². The molecule has 4 heterocycles. The number of nitrogens with one attached hydrogen (secondary N) is 2. The summed E-state index contributed by atoms with van der Waals surface area (Å²) in [4.78, 5) is 43.7. The third-order valence-electron chi connectivity index (χ3n) is 8.55. The highest BCUT2D eigenvalue weighted by Gasteiger charge is 2.33. The largest absolute Gasteiger partial charge is 0.333 e. The molecule has 2 unspecified atom stereocenters. The molecule has 4 aromatic rings. The molecule has 1 fully saturated rings. The van der Waals surface area contributed by atoms with Crippen LogP contribution in [-0.4, -0.2) is 54.9 Å². The lowest BCUT2D eigenvalue weighted by molar-refractivity contribution is -0.127. The molecule has 2 atom stereocenters. The first kappa shape index (κ1) is 33.9. The Labute approximate surface area is 280 Å². The molecule has 0 spiro atoms. The second-order valence-corrected chi connectivity index (χ2v) is 15.5. The quantitative estimate of drug-likeness (QED) is 0.150. The zero-order chi connectivity index (χ0) is 33.9. The van der Waals surface area contributed by atoms with Gasteiger partial charge in [-0.25, -0.2) is 4.98 Å². The summed E-state index contributed by atoms with van der Waals surface area (Å²) in [5.74, 6) is -0.115. The van der Waals surface area contributed by atoms with Crippen molar-refractivity contribution in [3.63, 3.8) is 0 Å². The summed E-state index contributed by atoms with van der Waals surface area (Å²) in [7, 11) is 0. The van der Waals surface area contributed by atoms with Gasteiger partial charge in [0.25, 0.3) is 11.8 Å². The Kier molecular flexibility index (Phi) is 9.94. The van der Waals surface area contributed by atoms with Crippen LogP contribution in [0.3, 0.4) is 0 Å². The number of imidazole rings is 1. The van der Waals surface area contributed by atoms with Gasteiger partial charge < -0.3 is 14.8 Å². The van der Waals surface area contributed by atoms with E-state index in [4.69, 9.17) is 4.98 Å². The Bertz CT molecular complexity index is 1820. The summed E-state index contributed by atoms with van der Waals surface area (Å²) >= 11 is 1.34. The molecule has 0 saturated carbocycles. The molecule has 2 amide bonds. The molecule has 0 aliphatic carbocycles. The van der Waals surface area contributed by atoms with Crippen LogP contribution in [0.2, 0.25) is 0 Å². The first-order valence-corrected chi connectivity index (χ1v) is 16.9. The number of thiophene rings is 1. The number of anilines is 1. The van der Waals surface area contributed by atoms with Crippen molar-refractivity contribution < 1.29 is 9.59 Å². The van der Waals surface area contributed by atoms with Crippen molar-refractivity contribution in [1.29, 1.82) is 5.26 Å². The Hall–Kier alpha value is -4.40. The molecular weight excluding hydrogens is 609 g/mol. The summed E-state index contributed by atoms with van der Waals surface area (Å²) in [6.45, 7) is 16.4. The maximum atomic E-state index is 13.6. The average Bonchev–Trinajstić information content (AvgIpc) is 3.77. The van der Waals surface area contributed by atoms with Gasteiger partial charge in [-0.1, -0.05) is 53.7 Å². The van der Waals surface area contributed by atoms with Crippen LogP contribution >= 0.6 is 11.3 Å². The molecule has 1 aliphatic rings. The van der Waals surface area contributed by atoms with E-state index in [9.17, 15) is 14.9 Å². The zero-order valence-electron chi connectivity index (χ0n) is 28.3. The van der Waals surface area contributed by atoms with E-state index in [2.05, 4.69) is 66.5 Å². The standard InChI is InChI=1S/C36H44N8O2S/c1-23(36(5,6)7)40-20-24-10-11-29-27(17-24)41-34(42-32(45)31-13-12-30(47-31)28-21-38-14-15-39-28)44(29)22-26-9-8-16-43(26)33(46)25(19-37)18-35(2,3)4/h10-15,17-18,21,23,26,40H,8-9,16,20,22H2,1-7H3,(H,41,42,45). The van der Waals surface area contributed by atoms with Crippen molar-refractivity contribution in [2.24, 2.45) is 10.8 Å². The Balaban J connectivity index is 1.46. The average molecular weight is 653 g/mol. The van der Waals surface area contributed by atoms with E-state index in [0.717, 1.165) is 34.3 Å². The highest BCUT2D eigenvalue weighted by Crippen LogP contribution is 2.30. The second kappa shape index (κ2) is 13.8. The van der Waals surface area contributed by atoms with Crippen molar-refractivity contribution in [3.8, 4) is 16.6 Å². The topological polar surface area (TPSA) is 129 Å². The van der Waals surface area contributed by atoms with Crippen molar-refractivity contribution >= 4 is 40.1 Å². The van der Waals surface area contributed by atoms with Crippen LogP contribution in [0.15, 0.2) is 60.6 Å². The molecule has 0 bridgehead atoms. The number of amides is 2. The molecule has 11 heteroatoms. The van der Waals surface area contributed by atoms with Crippen molar-refractivity contribution in [1.82, 2.24) is 29.7 Å². The van der Waals surface area contributed by atoms with Crippen LogP contribution < -0.4 is 10.6 Å². The normalized spacial score (nSPS) is 16.3. The third kappa shape index (κ3) is 8.13. The fraction of sp³-hybridized carbons (Fsp3) is 0.444. The number of allylic oxidation sites excluding steroid dienone is 1. The summed E-state index contributed by atoms with van der Waals surface area (Å²) in [5, 5.41) is 16.5. The van der Waals surface area contributed by atoms with E-state index in [1.807, 2.05) is 37.5 Å². The van der Waals surface area contributed by atoms with E-state index in [0.29, 0.717) is 42.2 Å². The zero-order valence-corrected chi connectivity index (χ0v) is 29.1. The van der Waals surface area contributed by atoms with Gasteiger partial charge in [-0.05, 0) is 60.4 Å². The van der Waals surface area contributed by atoms with Gasteiger partial charge >= 0.3 is 0 Å². The summed E-state index contributed by atoms with van der Waals surface area (Å²) in [6.07, 6.45) is 8.27. The molecule has 1 aliphatic heterocycles. The highest BCUT2D eigenvalue weighted by atomic mass is 32.1. The first-order chi connectivity index (χ1) is 22.2. The minimum absolute atomic E-state index is 0.121. The molecular formula is C36H44N8O2S. The Morgan fingerprint density at radius 2 is 1.94 bits per heavy atom. The molecule has 1 saturated heterocycles. The van der Waals surface area contributed by atoms with Crippen LogP contribution in [0.1, 0.15) is 76.5 Å². The van der Waals surface area contributed by atoms with Crippen LogP contribution in [0, 0.1) is 22.2 Å². The lowest BCUT2D eigenvalue weighted by atomic mass is 9.88. The predicted octanol–water partition coefficient (Wildman–Crippen LogP) is 6.82. The van der Waals surface area contributed by atoms with Gasteiger partial charge in [0.1, 0.15) is 11.6 Å². The summed E-state index contributed by atoms with van der Waals surface area (Å²) < 4.78 is 2.00. The third-order valence-corrected chi connectivity index (χ3v) is 9.66. The number of carbonyl (C=O) groups excluding carboxylic acids is 2. The van der Waals surface area contributed by atoms with E-state index in [1.54, 1.807) is 35.6 Å². The molecule has 2 N–H and O–H groups in total. The van der Waals surface area contributed by atoms with E-state index < -0.39 is 0 Å². The first-order valence-electron chi connectivity index (χ1n) is 16.1. The highest BCUT2D eigenvalue weighted by molar-refractivity contribution is 7.17. The van der Waals surface area contributed by atoms with Crippen LogP contribution in [0.25, 0.3) is 21.6 Å². The molecule has 1 aromatic carbocycles. The van der Waals surface area contributed by atoms with Gasteiger partial charge in [0.05, 0.1) is 38.7 Å². The Morgan fingerprint density at radius 1 is 1.15 bits per heavy atom. The SMILES string of the molecule is CC(NCc1ccc2c(c1)nc(NC(=O)c1ccc(-c3cnccn3)s1)n2CC1CCCN1C(=O)C(C#N)=CC(C)(C)C)C(C)(C)C. The lowest BCUT2D eigenvalue weighted by Crippen LogP contribution is -2.39. The van der Waals surface area contributed by atoms with E-state index in [-0.39, 0.29) is 34.3 Å². The van der Waals surface area contributed by atoms with Crippen LogP contribution in [0.5, 0.6) is 0 Å². The second-order valence-electron chi connectivity index (χ2n) is 14.4. The number of nitrogens with zero attached hydrogens (tertiary/aromatic N) is 6. The number of aromatic nitrogens is 4. The number of carbonyl (C=O) groups is 2. The van der Waals surface area contributed by atoms with E-state index >= 15 is 0 Å². The number of hydrogen-bond donors (Lipinski definition) is 2. The van der Waals surface area contributed by atoms with Crippen molar-refractivity contribution in [3.05, 3.63) is 71.0 Å². The maximum Gasteiger partial charge on any atom is 0.268 e. The minimum atomic E-state index is -0.306. The van der Waals surface area contributed by atoms with Gasteiger partial charge in [-0.2, -0.15) is 5.26 Å². The molecule has 5 rings (SSSR count). The van der Waals surface area contributed by atoms with Crippen molar-refractivity contribution in [2.75, 3.05) is 11.9 Å². The lowest BCUT2D eigenvalue weighted by Gasteiger charge is -2.28. The predicted molar refractivity (Wildman–Crippen MR) is 187 cm³/mol. The summed E-state index contributed by atoms with van der Waals surface area (Å²) in [5.41, 5.74) is 3.39. The molecule has 47 heavy (non-hydrogen) atoms. The summed E-state index contributed by atoms with van der Waals surface area (Å²) in [6, 6.07) is 12.1. The fourth-order valence-electron chi connectivity index (χ4n) is 5.56. The minimum Gasteiger partial charge on any atom is -0.333 e. The maximum absolute atomic E-state index is 13.6. The molecule has 0 radical (unpaired) electrons. The van der Waals surface area contributed by atoms with Gasteiger partial charge in [0.2, 0.25) is 5.95 Å². The Morgan fingerprint density at radius 3 is 2.62 bits per heavy atom. The number of fused-ring (bicyclic) bond motifs is 1. The molecule has 3 aromatic heterocycles. The smallest absolute Gasteiger partial charge is 0.268 e. The van der Waals surface area contributed by atoms with Gasteiger partial charge in [-0.15, -0.1) is 11.3 Å². The number of likely N-dealkylation sites (tertiary alicyclic amines) is 1. The van der Waals surface area contributed by atoms with Gasteiger partial charge in [-0.3, -0.25) is 24.9 Å². The number of nitriles is 1. The number of rotatable bonds is 9.